The van der Waals surface area contributed by atoms with E-state index in [2.05, 4.69) is 31.9 Å². The van der Waals surface area contributed by atoms with Gasteiger partial charge in [0, 0.05) is 5.33 Å². The molecule has 0 bridgehead atoms. The van der Waals surface area contributed by atoms with Gasteiger partial charge < -0.3 is 4.74 Å². The molecule has 1 aromatic rings. The van der Waals surface area contributed by atoms with E-state index in [9.17, 15) is 4.79 Å². The summed E-state index contributed by atoms with van der Waals surface area (Å²) >= 11 is 6.66. The van der Waals surface area contributed by atoms with E-state index in [-0.39, 0.29) is 10.8 Å². The molecule has 0 saturated heterocycles. The van der Waals surface area contributed by atoms with Crippen molar-refractivity contribution in [3.63, 3.8) is 0 Å². The summed E-state index contributed by atoms with van der Waals surface area (Å²) in [7, 11) is 0. The third-order valence-corrected chi connectivity index (χ3v) is 4.02. The van der Waals surface area contributed by atoms with Crippen molar-refractivity contribution in [3.05, 3.63) is 35.9 Å². The second-order valence-electron chi connectivity index (χ2n) is 3.10. The molecule has 0 N–H and O–H groups in total. The summed E-state index contributed by atoms with van der Waals surface area (Å²) in [5, 5.41) is 0.769. The van der Waals surface area contributed by atoms with Crippen LogP contribution in [0.4, 0.5) is 0 Å². The lowest BCUT2D eigenvalue weighted by atomic mass is 10.2. The van der Waals surface area contributed by atoms with Gasteiger partial charge in [-0.05, 0) is 5.56 Å². The Balaban J connectivity index is 2.31. The number of ether oxygens (including phenoxy) is 1. The first-order valence-electron chi connectivity index (χ1n) is 4.62. The number of carbonyl (C=O) groups is 1. The topological polar surface area (TPSA) is 26.3 Å². The normalized spacial score (nSPS) is 12.1. The third kappa shape index (κ3) is 5.33. The monoisotopic (exact) mass is 334 g/mol. The number of benzene rings is 1. The number of alkyl halides is 2. The van der Waals surface area contributed by atoms with Gasteiger partial charge in [-0.15, -0.1) is 0 Å². The van der Waals surface area contributed by atoms with Crippen LogP contribution < -0.4 is 0 Å². The van der Waals surface area contributed by atoms with Crippen molar-refractivity contribution in [2.75, 3.05) is 11.9 Å². The fourth-order valence-corrected chi connectivity index (χ4v) is 1.36. The van der Waals surface area contributed by atoms with Gasteiger partial charge in [0.15, 0.2) is 0 Å². The SMILES string of the molecule is O=C(Cc1ccccc1)OC[C@H](Br)CBr. The summed E-state index contributed by atoms with van der Waals surface area (Å²) in [6.45, 7) is 0.400. The molecular weight excluding hydrogens is 324 g/mol. The van der Waals surface area contributed by atoms with Crippen molar-refractivity contribution in [3.8, 4) is 0 Å². The first-order chi connectivity index (χ1) is 7.22. The van der Waals surface area contributed by atoms with Gasteiger partial charge in [0.1, 0.15) is 6.61 Å². The number of esters is 1. The number of rotatable bonds is 5. The molecule has 0 aromatic heterocycles. The minimum Gasteiger partial charge on any atom is -0.464 e. The minimum absolute atomic E-state index is 0.178. The molecule has 0 fully saturated rings. The summed E-state index contributed by atoms with van der Waals surface area (Å²) in [5.41, 5.74) is 0.979. The van der Waals surface area contributed by atoms with Gasteiger partial charge in [-0.2, -0.15) is 0 Å². The first kappa shape index (κ1) is 12.7. The molecule has 15 heavy (non-hydrogen) atoms. The van der Waals surface area contributed by atoms with Crippen molar-refractivity contribution in [1.29, 1.82) is 0 Å². The standard InChI is InChI=1S/C11H12Br2O2/c12-7-10(13)8-15-11(14)6-9-4-2-1-3-5-9/h1-5,10H,6-8H2/t10-/m1/s1. The smallest absolute Gasteiger partial charge is 0.310 e. The van der Waals surface area contributed by atoms with E-state index in [4.69, 9.17) is 4.74 Å². The zero-order chi connectivity index (χ0) is 11.1. The molecule has 2 nitrogen and oxygen atoms in total. The van der Waals surface area contributed by atoms with E-state index in [1.165, 1.54) is 0 Å². The van der Waals surface area contributed by atoms with Gasteiger partial charge >= 0.3 is 5.97 Å². The highest BCUT2D eigenvalue weighted by molar-refractivity contribution is 9.12. The molecule has 0 radical (unpaired) electrons. The first-order valence-corrected chi connectivity index (χ1v) is 6.65. The maximum absolute atomic E-state index is 11.4. The molecule has 0 heterocycles. The Morgan fingerprint density at radius 2 is 2.00 bits per heavy atom. The molecule has 0 aliphatic carbocycles. The highest BCUT2D eigenvalue weighted by Gasteiger charge is 2.07. The summed E-state index contributed by atoms with van der Waals surface area (Å²) in [6.07, 6.45) is 0.336. The Morgan fingerprint density at radius 1 is 1.33 bits per heavy atom. The second-order valence-corrected chi connectivity index (χ2v) is 5.04. The predicted octanol–water partition coefficient (Wildman–Crippen LogP) is 2.93. The molecule has 0 aliphatic heterocycles. The molecule has 0 spiro atoms. The van der Waals surface area contributed by atoms with Crippen LogP contribution in [-0.4, -0.2) is 22.7 Å². The van der Waals surface area contributed by atoms with Crippen LogP contribution in [0.1, 0.15) is 5.56 Å². The van der Waals surface area contributed by atoms with Crippen LogP contribution in [0.2, 0.25) is 0 Å². The van der Waals surface area contributed by atoms with E-state index in [0.717, 1.165) is 10.9 Å². The molecular formula is C11H12Br2O2. The van der Waals surface area contributed by atoms with E-state index in [1.807, 2.05) is 30.3 Å². The average Bonchev–Trinajstić information content (AvgIpc) is 2.27. The summed E-state index contributed by atoms with van der Waals surface area (Å²) in [6, 6.07) is 9.58. The maximum atomic E-state index is 11.4. The fraction of sp³-hybridized carbons (Fsp3) is 0.364. The fourth-order valence-electron chi connectivity index (χ4n) is 1.04. The van der Waals surface area contributed by atoms with E-state index in [1.54, 1.807) is 0 Å². The van der Waals surface area contributed by atoms with Crippen LogP contribution in [0.25, 0.3) is 0 Å². The lowest BCUT2D eigenvalue weighted by Gasteiger charge is -2.07. The van der Waals surface area contributed by atoms with Crippen LogP contribution in [0.3, 0.4) is 0 Å². The van der Waals surface area contributed by atoms with Crippen LogP contribution in [0.5, 0.6) is 0 Å². The Morgan fingerprint density at radius 3 is 2.60 bits per heavy atom. The van der Waals surface area contributed by atoms with E-state index < -0.39 is 0 Å². The highest BCUT2D eigenvalue weighted by atomic mass is 79.9. The zero-order valence-electron chi connectivity index (χ0n) is 8.16. The van der Waals surface area contributed by atoms with Crippen molar-refractivity contribution < 1.29 is 9.53 Å². The Kier molecular flexibility index (Phi) is 5.95. The second kappa shape index (κ2) is 7.01. The highest BCUT2D eigenvalue weighted by Crippen LogP contribution is 2.05. The molecule has 0 saturated carbocycles. The predicted molar refractivity (Wildman–Crippen MR) is 67.6 cm³/mol. The van der Waals surface area contributed by atoms with Gasteiger partial charge in [-0.3, -0.25) is 4.79 Å². The van der Waals surface area contributed by atoms with Crippen LogP contribution in [0, 0.1) is 0 Å². The van der Waals surface area contributed by atoms with Gasteiger partial charge in [0.25, 0.3) is 0 Å². The third-order valence-electron chi connectivity index (χ3n) is 1.78. The molecule has 0 aliphatic rings. The van der Waals surface area contributed by atoms with E-state index >= 15 is 0 Å². The summed E-state index contributed by atoms with van der Waals surface area (Å²) < 4.78 is 5.08. The Bertz CT molecular complexity index is 301. The van der Waals surface area contributed by atoms with Gasteiger partial charge in [-0.1, -0.05) is 62.2 Å². The Hall–Kier alpha value is -0.350. The summed E-state index contributed by atoms with van der Waals surface area (Å²) in [4.78, 5) is 11.6. The lowest BCUT2D eigenvalue weighted by Crippen LogP contribution is -2.16. The molecule has 4 heteroatoms. The van der Waals surface area contributed by atoms with Crippen molar-refractivity contribution in [2.45, 2.75) is 11.2 Å². The molecule has 1 aromatic carbocycles. The molecule has 1 rings (SSSR count). The lowest BCUT2D eigenvalue weighted by molar-refractivity contribution is -0.142. The van der Waals surface area contributed by atoms with Crippen LogP contribution in [0.15, 0.2) is 30.3 Å². The van der Waals surface area contributed by atoms with Crippen LogP contribution in [-0.2, 0) is 16.0 Å². The number of hydrogen-bond acceptors (Lipinski definition) is 2. The Labute approximate surface area is 106 Å². The molecule has 0 unspecified atom stereocenters. The quantitative estimate of drug-likeness (QED) is 0.611. The maximum Gasteiger partial charge on any atom is 0.310 e. The van der Waals surface area contributed by atoms with Gasteiger partial charge in [0.2, 0.25) is 0 Å². The zero-order valence-corrected chi connectivity index (χ0v) is 11.3. The van der Waals surface area contributed by atoms with Crippen molar-refractivity contribution in [2.24, 2.45) is 0 Å². The number of carbonyl (C=O) groups excluding carboxylic acids is 1. The van der Waals surface area contributed by atoms with E-state index in [0.29, 0.717) is 13.0 Å². The molecule has 0 amide bonds. The van der Waals surface area contributed by atoms with Gasteiger partial charge in [0.05, 0.1) is 11.2 Å². The number of halogens is 2. The average molecular weight is 336 g/mol. The summed E-state index contributed by atoms with van der Waals surface area (Å²) in [5.74, 6) is -0.188. The number of hydrogen-bond donors (Lipinski definition) is 0. The minimum atomic E-state index is -0.188. The molecule has 1 atom stereocenters. The van der Waals surface area contributed by atoms with Gasteiger partial charge in [-0.25, -0.2) is 0 Å². The van der Waals surface area contributed by atoms with Crippen molar-refractivity contribution >= 4 is 37.8 Å². The largest absolute Gasteiger partial charge is 0.464 e. The van der Waals surface area contributed by atoms with Crippen molar-refractivity contribution in [1.82, 2.24) is 0 Å². The van der Waals surface area contributed by atoms with Crippen LogP contribution >= 0.6 is 31.9 Å². The molecule has 82 valence electrons.